The Balaban J connectivity index is 2.49. The molecule has 2 rings (SSSR count). The Morgan fingerprint density at radius 3 is 2.48 bits per heavy atom. The molecule has 0 fully saturated rings. The van der Waals surface area contributed by atoms with E-state index >= 15 is 0 Å². The van der Waals surface area contributed by atoms with Crippen LogP contribution < -0.4 is 0 Å². The van der Waals surface area contributed by atoms with Gasteiger partial charge in [-0.25, -0.2) is 0 Å². The fourth-order valence-electron chi connectivity index (χ4n) is 1.97. The van der Waals surface area contributed by atoms with E-state index in [4.69, 9.17) is 28.4 Å². The first-order valence-electron chi connectivity index (χ1n) is 5.78. The maximum Gasteiger partial charge on any atom is 0.417 e. The third-order valence-electron chi connectivity index (χ3n) is 3.08. The van der Waals surface area contributed by atoms with Gasteiger partial charge in [0.2, 0.25) is 0 Å². The molecule has 1 aromatic rings. The van der Waals surface area contributed by atoms with Crippen LogP contribution in [0, 0.1) is 5.92 Å². The molecule has 1 unspecified atom stereocenters. The highest BCUT2D eigenvalue weighted by Gasteiger charge is 2.32. The van der Waals surface area contributed by atoms with Crippen LogP contribution in [0.25, 0.3) is 5.57 Å². The molecule has 0 aliphatic heterocycles. The zero-order chi connectivity index (χ0) is 15.8. The van der Waals surface area contributed by atoms with Crippen molar-refractivity contribution < 1.29 is 18.4 Å². The predicted molar refractivity (Wildman–Crippen MR) is 74.5 cm³/mol. The maximum atomic E-state index is 12.6. The van der Waals surface area contributed by atoms with Crippen LogP contribution in [-0.2, 0) is 6.18 Å². The lowest BCUT2D eigenvalue weighted by Gasteiger charge is -2.21. The molecule has 3 nitrogen and oxygen atoms in total. The molecule has 1 atom stereocenters. The normalized spacial score (nSPS) is 21.2. The summed E-state index contributed by atoms with van der Waals surface area (Å²) in [4.78, 5) is 3.78. The number of rotatable bonds is 1. The Morgan fingerprint density at radius 2 is 1.95 bits per heavy atom. The smallest absolute Gasteiger partial charge is 0.411 e. The van der Waals surface area contributed by atoms with Gasteiger partial charge in [-0.2, -0.15) is 13.2 Å². The van der Waals surface area contributed by atoms with Crippen LogP contribution in [0.1, 0.15) is 18.2 Å². The van der Waals surface area contributed by atoms with Crippen molar-refractivity contribution in [2.75, 3.05) is 0 Å². The minimum atomic E-state index is -4.51. The average Bonchev–Trinajstić information content (AvgIpc) is 2.39. The van der Waals surface area contributed by atoms with Crippen LogP contribution in [0.5, 0.6) is 0 Å². The summed E-state index contributed by atoms with van der Waals surface area (Å²) in [6, 6.07) is 0.813. The Labute approximate surface area is 128 Å². The molecular formula is C13H9Cl2F3N2O. The second-order valence-electron chi connectivity index (χ2n) is 4.40. The minimum absolute atomic E-state index is 0.133. The number of hydrogen-bond acceptors (Lipinski definition) is 3. The highest BCUT2D eigenvalue weighted by Crippen LogP contribution is 2.37. The highest BCUT2D eigenvalue weighted by molar-refractivity contribution is 6.45. The second kappa shape index (κ2) is 5.69. The molecule has 0 spiro atoms. The molecule has 8 heteroatoms. The van der Waals surface area contributed by atoms with Gasteiger partial charge >= 0.3 is 6.18 Å². The zero-order valence-electron chi connectivity index (χ0n) is 10.6. The fourth-order valence-corrected chi connectivity index (χ4v) is 2.51. The lowest BCUT2D eigenvalue weighted by atomic mass is 9.88. The Morgan fingerprint density at radius 1 is 1.29 bits per heavy atom. The number of oxime groups is 1. The van der Waals surface area contributed by atoms with E-state index in [1.807, 2.05) is 0 Å². The monoisotopic (exact) mass is 336 g/mol. The van der Waals surface area contributed by atoms with Crippen molar-refractivity contribution in [1.29, 1.82) is 0 Å². The van der Waals surface area contributed by atoms with E-state index in [9.17, 15) is 13.2 Å². The summed E-state index contributed by atoms with van der Waals surface area (Å²) in [6.45, 7) is 1.69. The largest absolute Gasteiger partial charge is 0.417 e. The minimum Gasteiger partial charge on any atom is -0.411 e. The van der Waals surface area contributed by atoms with Gasteiger partial charge in [0.25, 0.3) is 0 Å². The molecule has 1 aromatic heterocycles. The van der Waals surface area contributed by atoms with Crippen molar-refractivity contribution in [3.05, 3.63) is 45.7 Å². The van der Waals surface area contributed by atoms with Crippen molar-refractivity contribution in [2.24, 2.45) is 11.1 Å². The van der Waals surface area contributed by atoms with E-state index in [1.165, 1.54) is 6.08 Å². The Kier molecular flexibility index (Phi) is 4.30. The number of pyridine rings is 1. The second-order valence-corrected chi connectivity index (χ2v) is 5.21. The summed E-state index contributed by atoms with van der Waals surface area (Å²) in [5.74, 6) is -0.450. The van der Waals surface area contributed by atoms with Crippen LogP contribution >= 0.6 is 23.2 Å². The molecular weight excluding hydrogens is 328 g/mol. The topological polar surface area (TPSA) is 45.5 Å². The highest BCUT2D eigenvalue weighted by atomic mass is 35.5. The summed E-state index contributed by atoms with van der Waals surface area (Å²) in [7, 11) is 0. The van der Waals surface area contributed by atoms with Gasteiger partial charge in [0.05, 0.1) is 21.3 Å². The number of hydrogen-bond donors (Lipinski definition) is 1. The molecule has 112 valence electrons. The van der Waals surface area contributed by atoms with Gasteiger partial charge in [-0.3, -0.25) is 4.98 Å². The van der Waals surface area contributed by atoms with E-state index in [1.54, 1.807) is 13.0 Å². The van der Waals surface area contributed by atoms with Gasteiger partial charge in [0.15, 0.2) is 0 Å². The van der Waals surface area contributed by atoms with Crippen LogP contribution in [0.15, 0.2) is 34.6 Å². The fraction of sp³-hybridized carbons (Fsp3) is 0.231. The van der Waals surface area contributed by atoms with Crippen molar-refractivity contribution >= 4 is 34.5 Å². The Bertz CT molecular complexity index is 666. The number of nitrogens with zero attached hydrogens (tertiary/aromatic N) is 2. The van der Waals surface area contributed by atoms with Gasteiger partial charge in [-0.05, 0) is 17.7 Å². The molecule has 0 radical (unpaired) electrons. The quantitative estimate of drug-likeness (QED) is 0.594. The lowest BCUT2D eigenvalue weighted by Crippen LogP contribution is -2.17. The van der Waals surface area contributed by atoms with Crippen molar-refractivity contribution in [3.63, 3.8) is 0 Å². The van der Waals surface area contributed by atoms with Gasteiger partial charge in [0, 0.05) is 12.1 Å². The third kappa shape index (κ3) is 3.06. The molecule has 0 aromatic carbocycles. The molecule has 0 saturated carbocycles. The standard InChI is InChI=1S/C13H9Cl2F3N2O/c1-6-8(2-3-9(14)11(6)20-21)12-10(15)4-7(5-19-12)13(16,17)18/h2-6,21H,1H3. The van der Waals surface area contributed by atoms with Crippen molar-refractivity contribution in [2.45, 2.75) is 13.1 Å². The molecule has 21 heavy (non-hydrogen) atoms. The van der Waals surface area contributed by atoms with Crippen LogP contribution in [-0.4, -0.2) is 15.9 Å². The summed E-state index contributed by atoms with van der Waals surface area (Å²) in [5, 5.41) is 12.2. The molecule has 1 aliphatic carbocycles. The number of aromatic nitrogens is 1. The first-order chi connectivity index (χ1) is 9.75. The van der Waals surface area contributed by atoms with Gasteiger partial charge in [-0.15, -0.1) is 0 Å². The van der Waals surface area contributed by atoms with E-state index in [0.717, 1.165) is 6.07 Å². The van der Waals surface area contributed by atoms with Crippen LogP contribution in [0.4, 0.5) is 13.2 Å². The first-order valence-corrected chi connectivity index (χ1v) is 6.54. The lowest BCUT2D eigenvalue weighted by molar-refractivity contribution is -0.137. The van der Waals surface area contributed by atoms with Crippen LogP contribution in [0.2, 0.25) is 5.02 Å². The third-order valence-corrected chi connectivity index (χ3v) is 3.69. The Hall–Kier alpha value is -1.53. The molecule has 1 N–H and O–H groups in total. The number of alkyl halides is 3. The summed E-state index contributed by atoms with van der Waals surface area (Å²) in [6.07, 6.45) is -0.738. The number of halogens is 5. The van der Waals surface area contributed by atoms with E-state index in [-0.39, 0.29) is 21.5 Å². The number of allylic oxidation sites excluding steroid dienone is 4. The van der Waals surface area contributed by atoms with E-state index in [2.05, 4.69) is 10.1 Å². The van der Waals surface area contributed by atoms with E-state index < -0.39 is 17.7 Å². The summed E-state index contributed by atoms with van der Waals surface area (Å²) in [5.41, 5.74) is -0.0125. The molecule has 1 heterocycles. The molecule has 0 saturated heterocycles. The van der Waals surface area contributed by atoms with E-state index in [0.29, 0.717) is 11.8 Å². The van der Waals surface area contributed by atoms with Crippen molar-refractivity contribution in [3.8, 4) is 0 Å². The summed E-state index contributed by atoms with van der Waals surface area (Å²) < 4.78 is 37.8. The first kappa shape index (κ1) is 15.9. The predicted octanol–water partition coefficient (Wildman–Crippen LogP) is 4.74. The maximum absolute atomic E-state index is 12.6. The van der Waals surface area contributed by atoms with Gasteiger partial charge < -0.3 is 5.21 Å². The van der Waals surface area contributed by atoms with Crippen LogP contribution in [0.3, 0.4) is 0 Å². The van der Waals surface area contributed by atoms with Gasteiger partial charge in [-0.1, -0.05) is 41.4 Å². The zero-order valence-corrected chi connectivity index (χ0v) is 12.1. The molecule has 0 bridgehead atoms. The molecule has 0 amide bonds. The van der Waals surface area contributed by atoms with Gasteiger partial charge in [0.1, 0.15) is 5.71 Å². The summed E-state index contributed by atoms with van der Waals surface area (Å²) >= 11 is 11.8. The SMILES string of the molecule is CC1C(c2ncc(C(F)(F)F)cc2Cl)=CC=C(Cl)C1=NO. The van der Waals surface area contributed by atoms with Crippen molar-refractivity contribution in [1.82, 2.24) is 4.98 Å². The molecule has 1 aliphatic rings. The average molecular weight is 337 g/mol.